The molecule has 1 aliphatic rings. The Morgan fingerprint density at radius 1 is 1.33 bits per heavy atom. The summed E-state index contributed by atoms with van der Waals surface area (Å²) in [6, 6.07) is 8.86. The lowest BCUT2D eigenvalue weighted by Gasteiger charge is -2.45. The summed E-state index contributed by atoms with van der Waals surface area (Å²) in [6.45, 7) is 7.31. The first-order valence-electron chi connectivity index (χ1n) is 8.34. The van der Waals surface area contributed by atoms with Crippen LogP contribution in [0.4, 0.5) is 0 Å². The minimum atomic E-state index is -0.172. The Labute approximate surface area is 129 Å². The lowest BCUT2D eigenvalue weighted by atomic mass is 9.73. The summed E-state index contributed by atoms with van der Waals surface area (Å²) < 4.78 is 6.26. The normalized spacial score (nSPS) is 27.5. The van der Waals surface area contributed by atoms with E-state index in [1.807, 2.05) is 0 Å². The minimum absolute atomic E-state index is 0.0612. The number of ether oxygens (including phenoxy) is 1. The van der Waals surface area contributed by atoms with Gasteiger partial charge in [0.25, 0.3) is 0 Å². The van der Waals surface area contributed by atoms with Crippen LogP contribution in [-0.4, -0.2) is 12.2 Å². The zero-order chi connectivity index (χ0) is 15.3. The van der Waals surface area contributed by atoms with Gasteiger partial charge in [-0.1, -0.05) is 51.0 Å². The standard InChI is InChI=1S/C18H30N2O/c1-4-15-8-10-16(11-9-15)17(20-19)18(21-5-2)12-6-7-14(3)13-18/h8-11,14,17,20H,4-7,12-13,19H2,1-3H3. The molecular weight excluding hydrogens is 260 g/mol. The SMILES string of the molecule is CCOC1(C(NN)c2ccc(CC)cc2)CCCC(C)C1. The maximum Gasteiger partial charge on any atom is 0.0891 e. The first-order valence-corrected chi connectivity index (χ1v) is 8.34. The summed E-state index contributed by atoms with van der Waals surface area (Å²) in [5.41, 5.74) is 5.47. The van der Waals surface area contributed by atoms with Gasteiger partial charge in [-0.25, -0.2) is 0 Å². The van der Waals surface area contributed by atoms with Gasteiger partial charge in [0, 0.05) is 6.61 Å². The Kier molecular flexibility index (Phi) is 5.80. The molecule has 3 heteroatoms. The largest absolute Gasteiger partial charge is 0.373 e. The molecule has 118 valence electrons. The molecule has 0 amide bonds. The highest BCUT2D eigenvalue weighted by atomic mass is 16.5. The highest BCUT2D eigenvalue weighted by Crippen LogP contribution is 2.43. The van der Waals surface area contributed by atoms with E-state index in [-0.39, 0.29) is 11.6 Å². The molecule has 0 saturated heterocycles. The van der Waals surface area contributed by atoms with Crippen molar-refractivity contribution < 1.29 is 4.74 Å². The second-order valence-corrected chi connectivity index (χ2v) is 6.39. The van der Waals surface area contributed by atoms with Gasteiger partial charge in [-0.2, -0.15) is 0 Å². The summed E-state index contributed by atoms with van der Waals surface area (Å²) in [7, 11) is 0. The minimum Gasteiger partial charge on any atom is -0.373 e. The lowest BCUT2D eigenvalue weighted by molar-refractivity contribution is -0.102. The van der Waals surface area contributed by atoms with E-state index in [9.17, 15) is 0 Å². The second-order valence-electron chi connectivity index (χ2n) is 6.39. The number of hydrogen-bond acceptors (Lipinski definition) is 3. The molecule has 2 rings (SSSR count). The predicted octanol–water partition coefficient (Wildman–Crippen LogP) is 3.74. The third-order valence-electron chi connectivity index (χ3n) is 4.84. The molecule has 0 bridgehead atoms. The van der Waals surface area contributed by atoms with E-state index >= 15 is 0 Å². The van der Waals surface area contributed by atoms with Crippen LogP contribution in [0.3, 0.4) is 0 Å². The van der Waals surface area contributed by atoms with Crippen molar-refractivity contribution in [3.63, 3.8) is 0 Å². The van der Waals surface area contributed by atoms with Gasteiger partial charge in [-0.3, -0.25) is 11.3 Å². The monoisotopic (exact) mass is 290 g/mol. The van der Waals surface area contributed by atoms with Gasteiger partial charge in [-0.05, 0) is 43.2 Å². The lowest BCUT2D eigenvalue weighted by Crippen LogP contribution is -2.51. The van der Waals surface area contributed by atoms with Crippen LogP contribution in [0.1, 0.15) is 63.6 Å². The smallest absolute Gasteiger partial charge is 0.0891 e. The van der Waals surface area contributed by atoms with Gasteiger partial charge in [0.15, 0.2) is 0 Å². The highest BCUT2D eigenvalue weighted by Gasteiger charge is 2.43. The highest BCUT2D eigenvalue weighted by molar-refractivity contribution is 5.27. The van der Waals surface area contributed by atoms with Crippen molar-refractivity contribution in [2.24, 2.45) is 11.8 Å². The van der Waals surface area contributed by atoms with Crippen molar-refractivity contribution in [2.45, 2.75) is 64.5 Å². The van der Waals surface area contributed by atoms with E-state index in [0.29, 0.717) is 5.92 Å². The fourth-order valence-electron chi connectivity index (χ4n) is 3.81. The number of hydrogen-bond donors (Lipinski definition) is 2. The molecule has 0 aliphatic heterocycles. The second kappa shape index (κ2) is 7.39. The molecule has 1 fully saturated rings. The zero-order valence-electron chi connectivity index (χ0n) is 13.7. The van der Waals surface area contributed by atoms with E-state index in [2.05, 4.69) is 50.5 Å². The average molecular weight is 290 g/mol. The summed E-state index contributed by atoms with van der Waals surface area (Å²) in [6.07, 6.45) is 5.72. The molecule has 0 spiro atoms. The Morgan fingerprint density at radius 3 is 2.57 bits per heavy atom. The van der Waals surface area contributed by atoms with E-state index in [0.717, 1.165) is 25.9 Å². The van der Waals surface area contributed by atoms with E-state index in [1.165, 1.54) is 24.0 Å². The molecule has 1 aliphatic carbocycles. The van der Waals surface area contributed by atoms with Crippen molar-refractivity contribution in [3.8, 4) is 0 Å². The molecular formula is C18H30N2O. The Balaban J connectivity index is 2.29. The van der Waals surface area contributed by atoms with Gasteiger partial charge in [0.1, 0.15) is 0 Å². The Morgan fingerprint density at radius 2 is 2.05 bits per heavy atom. The molecule has 3 unspecified atom stereocenters. The van der Waals surface area contributed by atoms with Crippen LogP contribution in [0.15, 0.2) is 24.3 Å². The summed E-state index contributed by atoms with van der Waals surface area (Å²) in [5, 5.41) is 0. The first-order chi connectivity index (χ1) is 10.1. The van der Waals surface area contributed by atoms with Crippen LogP contribution in [0, 0.1) is 5.92 Å². The molecule has 21 heavy (non-hydrogen) atoms. The topological polar surface area (TPSA) is 47.3 Å². The first kappa shape index (κ1) is 16.5. The molecule has 1 saturated carbocycles. The van der Waals surface area contributed by atoms with E-state index < -0.39 is 0 Å². The molecule has 3 N–H and O–H groups in total. The van der Waals surface area contributed by atoms with Crippen molar-refractivity contribution in [1.29, 1.82) is 0 Å². The maximum absolute atomic E-state index is 6.26. The van der Waals surface area contributed by atoms with Crippen molar-refractivity contribution in [1.82, 2.24) is 5.43 Å². The van der Waals surface area contributed by atoms with Crippen molar-refractivity contribution in [2.75, 3.05) is 6.61 Å². The number of nitrogens with two attached hydrogens (primary N) is 1. The summed E-state index contributed by atoms with van der Waals surface area (Å²) in [5.74, 6) is 6.63. The van der Waals surface area contributed by atoms with E-state index in [1.54, 1.807) is 0 Å². The van der Waals surface area contributed by atoms with Gasteiger partial charge in [0.05, 0.1) is 11.6 Å². The van der Waals surface area contributed by atoms with Crippen LogP contribution in [-0.2, 0) is 11.2 Å². The third kappa shape index (κ3) is 3.65. The number of aryl methyl sites for hydroxylation is 1. The van der Waals surface area contributed by atoms with Crippen molar-refractivity contribution >= 4 is 0 Å². The maximum atomic E-state index is 6.26. The molecule has 1 aromatic rings. The Bertz CT molecular complexity index is 427. The van der Waals surface area contributed by atoms with Gasteiger partial charge < -0.3 is 4.74 Å². The zero-order valence-corrected chi connectivity index (χ0v) is 13.7. The third-order valence-corrected chi connectivity index (χ3v) is 4.84. The fraction of sp³-hybridized carbons (Fsp3) is 0.667. The molecule has 1 aromatic carbocycles. The molecule has 0 radical (unpaired) electrons. The summed E-state index contributed by atoms with van der Waals surface area (Å²) in [4.78, 5) is 0. The molecule has 0 aromatic heterocycles. The summed E-state index contributed by atoms with van der Waals surface area (Å²) >= 11 is 0. The number of rotatable bonds is 6. The van der Waals surface area contributed by atoms with Crippen LogP contribution < -0.4 is 11.3 Å². The van der Waals surface area contributed by atoms with Gasteiger partial charge in [-0.15, -0.1) is 0 Å². The van der Waals surface area contributed by atoms with Crippen LogP contribution in [0.5, 0.6) is 0 Å². The fourth-order valence-corrected chi connectivity index (χ4v) is 3.81. The molecule has 3 atom stereocenters. The van der Waals surface area contributed by atoms with Gasteiger partial charge in [0.2, 0.25) is 0 Å². The molecule has 0 heterocycles. The van der Waals surface area contributed by atoms with Crippen LogP contribution >= 0.6 is 0 Å². The van der Waals surface area contributed by atoms with E-state index in [4.69, 9.17) is 10.6 Å². The van der Waals surface area contributed by atoms with Crippen LogP contribution in [0.2, 0.25) is 0 Å². The van der Waals surface area contributed by atoms with Crippen LogP contribution in [0.25, 0.3) is 0 Å². The predicted molar refractivity (Wildman–Crippen MR) is 87.9 cm³/mol. The van der Waals surface area contributed by atoms with Gasteiger partial charge >= 0.3 is 0 Å². The molecule has 3 nitrogen and oxygen atoms in total. The Hall–Kier alpha value is -0.900. The van der Waals surface area contributed by atoms with Crippen molar-refractivity contribution in [3.05, 3.63) is 35.4 Å². The number of benzene rings is 1. The quantitative estimate of drug-likeness (QED) is 0.620. The number of hydrazine groups is 1. The number of nitrogens with one attached hydrogen (secondary N) is 1. The average Bonchev–Trinajstić information content (AvgIpc) is 2.49.